The van der Waals surface area contributed by atoms with Gasteiger partial charge in [-0.15, -0.1) is 0 Å². The normalized spacial score (nSPS) is 12.7. The van der Waals surface area contributed by atoms with Crippen LogP contribution in [0.4, 0.5) is 4.39 Å². The van der Waals surface area contributed by atoms with Gasteiger partial charge in [0.05, 0.1) is 13.2 Å². The van der Waals surface area contributed by atoms with Gasteiger partial charge in [0.25, 0.3) is 5.91 Å². The van der Waals surface area contributed by atoms with E-state index in [1.165, 1.54) is 11.0 Å². The molecule has 6 nitrogen and oxygen atoms in total. The molecule has 2 rings (SSSR count). The quantitative estimate of drug-likeness (QED) is 0.651. The molecule has 0 saturated carbocycles. The molecule has 0 spiro atoms. The lowest BCUT2D eigenvalue weighted by atomic mass is 10.0. The average molecular weight is 423 g/mol. The van der Waals surface area contributed by atoms with E-state index in [-0.39, 0.29) is 24.7 Å². The van der Waals surface area contributed by atoms with E-state index < -0.39 is 26.6 Å². The van der Waals surface area contributed by atoms with Gasteiger partial charge in [-0.25, -0.2) is 12.8 Å². The minimum atomic E-state index is -4.03. The molecule has 0 radical (unpaired) electrons. The van der Waals surface area contributed by atoms with E-state index in [9.17, 15) is 17.6 Å². The second kappa shape index (κ2) is 9.37. The minimum absolute atomic E-state index is 0.0985. The monoisotopic (exact) mass is 422 g/mol. The summed E-state index contributed by atoms with van der Waals surface area (Å²) in [4.78, 5) is 14.0. The van der Waals surface area contributed by atoms with Crippen molar-refractivity contribution in [3.63, 3.8) is 0 Å². The summed E-state index contributed by atoms with van der Waals surface area (Å²) in [6.45, 7) is 5.61. The summed E-state index contributed by atoms with van der Waals surface area (Å²) in [5, 5.41) is 0. The SMILES string of the molecule is CCN(CC)S(=O)(=O)c1cc(C(=O)N(C)C(C)c2ccccc2OC)ccc1F. The molecule has 0 aromatic heterocycles. The smallest absolute Gasteiger partial charge is 0.254 e. The number of benzene rings is 2. The summed E-state index contributed by atoms with van der Waals surface area (Å²) in [7, 11) is -0.863. The van der Waals surface area contributed by atoms with Crippen LogP contribution in [0.15, 0.2) is 47.4 Å². The van der Waals surface area contributed by atoms with Crippen LogP contribution in [0.2, 0.25) is 0 Å². The maximum atomic E-state index is 14.3. The van der Waals surface area contributed by atoms with Crippen molar-refractivity contribution in [3.8, 4) is 5.75 Å². The molecule has 0 heterocycles. The lowest BCUT2D eigenvalue weighted by molar-refractivity contribution is 0.0740. The van der Waals surface area contributed by atoms with Crippen molar-refractivity contribution in [2.24, 2.45) is 0 Å². The molecule has 0 aliphatic rings. The Labute approximate surface area is 171 Å². The van der Waals surface area contributed by atoms with Gasteiger partial charge in [-0.1, -0.05) is 32.0 Å². The summed E-state index contributed by atoms with van der Waals surface area (Å²) in [6.07, 6.45) is 0. The van der Waals surface area contributed by atoms with Crippen molar-refractivity contribution in [2.75, 3.05) is 27.2 Å². The second-order valence-electron chi connectivity index (χ2n) is 6.57. The molecule has 0 fully saturated rings. The van der Waals surface area contributed by atoms with Crippen molar-refractivity contribution >= 4 is 15.9 Å². The molecule has 0 saturated heterocycles. The van der Waals surface area contributed by atoms with Gasteiger partial charge in [0.15, 0.2) is 0 Å². The number of carbonyl (C=O) groups is 1. The third-order valence-corrected chi connectivity index (χ3v) is 7.06. The molecular weight excluding hydrogens is 395 g/mol. The second-order valence-corrected chi connectivity index (χ2v) is 8.47. The molecule has 0 aliphatic carbocycles. The Kier molecular flexibility index (Phi) is 7.37. The van der Waals surface area contributed by atoms with Crippen LogP contribution < -0.4 is 4.74 Å². The van der Waals surface area contributed by atoms with Crippen LogP contribution in [-0.2, 0) is 10.0 Å². The van der Waals surface area contributed by atoms with Gasteiger partial charge in [-0.3, -0.25) is 4.79 Å². The predicted octanol–water partition coefficient (Wildman–Crippen LogP) is 3.70. The Morgan fingerprint density at radius 1 is 1.14 bits per heavy atom. The van der Waals surface area contributed by atoms with Crippen LogP contribution in [0.3, 0.4) is 0 Å². The highest BCUT2D eigenvalue weighted by Gasteiger charge is 2.28. The summed E-state index contributed by atoms with van der Waals surface area (Å²) in [5.41, 5.74) is 0.908. The molecule has 8 heteroatoms. The fourth-order valence-corrected chi connectivity index (χ4v) is 4.68. The van der Waals surface area contributed by atoms with Gasteiger partial charge in [0, 0.05) is 31.3 Å². The standard InChI is InChI=1S/C21H27FN2O4S/c1-6-24(7-2)29(26,27)20-14-16(12-13-18(20)22)21(25)23(4)15(3)17-10-8-9-11-19(17)28-5/h8-15H,6-7H2,1-5H3. The van der Waals surface area contributed by atoms with Gasteiger partial charge >= 0.3 is 0 Å². The van der Waals surface area contributed by atoms with Gasteiger partial charge in [-0.05, 0) is 31.2 Å². The molecule has 0 N–H and O–H groups in total. The summed E-state index contributed by atoms with van der Waals surface area (Å²) in [5.74, 6) is -0.656. The maximum absolute atomic E-state index is 14.3. The largest absolute Gasteiger partial charge is 0.496 e. The highest BCUT2D eigenvalue weighted by molar-refractivity contribution is 7.89. The molecule has 2 aromatic carbocycles. The Hall–Kier alpha value is -2.45. The van der Waals surface area contributed by atoms with Crippen LogP contribution in [0.25, 0.3) is 0 Å². The summed E-state index contributed by atoms with van der Waals surface area (Å²) < 4.78 is 46.3. The first-order valence-electron chi connectivity index (χ1n) is 9.38. The first kappa shape index (κ1) is 22.8. The zero-order valence-electron chi connectivity index (χ0n) is 17.3. The number of sulfonamides is 1. The predicted molar refractivity (Wildman–Crippen MR) is 110 cm³/mol. The Morgan fingerprint density at radius 3 is 2.34 bits per heavy atom. The minimum Gasteiger partial charge on any atom is -0.496 e. The van der Waals surface area contributed by atoms with E-state index in [4.69, 9.17) is 4.74 Å². The topological polar surface area (TPSA) is 66.9 Å². The third kappa shape index (κ3) is 4.59. The summed E-state index contributed by atoms with van der Waals surface area (Å²) >= 11 is 0. The van der Waals surface area contributed by atoms with E-state index in [0.717, 1.165) is 22.0 Å². The third-order valence-electron chi connectivity index (χ3n) is 4.99. The number of nitrogens with zero attached hydrogens (tertiary/aromatic N) is 2. The number of rotatable bonds is 8. The van der Waals surface area contributed by atoms with Crippen LogP contribution in [0.1, 0.15) is 42.7 Å². The number of para-hydroxylation sites is 1. The van der Waals surface area contributed by atoms with Crippen molar-refractivity contribution in [2.45, 2.75) is 31.7 Å². The maximum Gasteiger partial charge on any atom is 0.254 e. The lowest BCUT2D eigenvalue weighted by Gasteiger charge is -2.27. The molecule has 1 amide bonds. The number of methoxy groups -OCH3 is 1. The van der Waals surface area contributed by atoms with E-state index in [1.54, 1.807) is 34.1 Å². The van der Waals surface area contributed by atoms with Gasteiger partial charge in [0.1, 0.15) is 16.5 Å². The van der Waals surface area contributed by atoms with Crippen LogP contribution in [-0.4, -0.2) is 50.8 Å². The van der Waals surface area contributed by atoms with Crippen LogP contribution in [0.5, 0.6) is 5.75 Å². The number of carbonyl (C=O) groups excluding carboxylic acids is 1. The number of amides is 1. The number of hydrogen-bond acceptors (Lipinski definition) is 4. The number of halogens is 1. The fraction of sp³-hybridized carbons (Fsp3) is 0.381. The van der Waals surface area contributed by atoms with Crippen molar-refractivity contribution in [1.29, 1.82) is 0 Å². The highest BCUT2D eigenvalue weighted by Crippen LogP contribution is 2.29. The number of hydrogen-bond donors (Lipinski definition) is 0. The lowest BCUT2D eigenvalue weighted by Crippen LogP contribution is -2.32. The first-order chi connectivity index (χ1) is 13.7. The Balaban J connectivity index is 2.41. The van der Waals surface area contributed by atoms with Gasteiger partial charge in [-0.2, -0.15) is 4.31 Å². The van der Waals surface area contributed by atoms with Gasteiger partial charge < -0.3 is 9.64 Å². The van der Waals surface area contributed by atoms with Crippen LogP contribution >= 0.6 is 0 Å². The molecule has 158 valence electrons. The fourth-order valence-electron chi connectivity index (χ4n) is 3.14. The van der Waals surface area contributed by atoms with Crippen LogP contribution in [0, 0.1) is 5.82 Å². The molecule has 2 aromatic rings. The van der Waals surface area contributed by atoms with E-state index in [1.807, 2.05) is 25.1 Å². The number of ether oxygens (including phenoxy) is 1. The van der Waals surface area contributed by atoms with Crippen molar-refractivity contribution < 1.29 is 22.3 Å². The van der Waals surface area contributed by atoms with E-state index in [0.29, 0.717) is 5.75 Å². The zero-order valence-corrected chi connectivity index (χ0v) is 18.2. The molecule has 1 unspecified atom stereocenters. The first-order valence-corrected chi connectivity index (χ1v) is 10.8. The Bertz CT molecular complexity index is 974. The van der Waals surface area contributed by atoms with Crippen molar-refractivity contribution in [1.82, 2.24) is 9.21 Å². The average Bonchev–Trinajstić information content (AvgIpc) is 2.72. The molecule has 29 heavy (non-hydrogen) atoms. The molecule has 1 atom stereocenters. The van der Waals surface area contributed by atoms with Gasteiger partial charge in [0.2, 0.25) is 10.0 Å². The summed E-state index contributed by atoms with van der Waals surface area (Å²) in [6, 6.07) is 10.4. The van der Waals surface area contributed by atoms with E-state index >= 15 is 0 Å². The molecule has 0 aliphatic heterocycles. The highest BCUT2D eigenvalue weighted by atomic mass is 32.2. The molecular formula is C21H27FN2O4S. The van der Waals surface area contributed by atoms with Crippen molar-refractivity contribution in [3.05, 3.63) is 59.4 Å². The zero-order chi connectivity index (χ0) is 21.8. The molecule has 0 bridgehead atoms. The van der Waals surface area contributed by atoms with E-state index in [2.05, 4.69) is 0 Å². The Morgan fingerprint density at radius 2 is 1.76 bits per heavy atom.